The number of halogens is 3. The zero-order valence-electron chi connectivity index (χ0n) is 9.43. The largest absolute Gasteiger partial charge is 0.309 e. The van der Waals surface area contributed by atoms with Crippen molar-refractivity contribution in [3.63, 3.8) is 0 Å². The molecule has 0 radical (unpaired) electrons. The van der Waals surface area contributed by atoms with E-state index in [1.807, 2.05) is 0 Å². The van der Waals surface area contributed by atoms with E-state index in [0.717, 1.165) is 5.33 Å². The predicted octanol–water partition coefficient (Wildman–Crippen LogP) is 3.99. The molecule has 1 rings (SSSR count). The Balaban J connectivity index is 2.63. The van der Waals surface area contributed by atoms with Gasteiger partial charge in [0.25, 0.3) is 0 Å². The number of hydrogen-bond donors (Lipinski definition) is 1. The number of benzene rings is 1. The smallest absolute Gasteiger partial charge is 0.127 e. The topological polar surface area (TPSA) is 12.0 Å². The standard InChI is InChI=1S/C12H16BrClFN/c1-8(2)12(6-13)16-7-9-5-10(14)3-4-11(9)15/h3-5,8,12,16H,6-7H2,1-2H3. The second kappa shape index (κ2) is 6.58. The van der Waals surface area contributed by atoms with E-state index in [4.69, 9.17) is 11.6 Å². The van der Waals surface area contributed by atoms with Gasteiger partial charge in [-0.25, -0.2) is 4.39 Å². The van der Waals surface area contributed by atoms with Crippen molar-refractivity contribution in [2.24, 2.45) is 5.92 Å². The van der Waals surface area contributed by atoms with E-state index in [9.17, 15) is 4.39 Å². The van der Waals surface area contributed by atoms with Crippen molar-refractivity contribution in [3.8, 4) is 0 Å². The van der Waals surface area contributed by atoms with E-state index >= 15 is 0 Å². The molecule has 1 unspecified atom stereocenters. The minimum atomic E-state index is -0.214. The first-order valence-corrected chi connectivity index (χ1v) is 6.77. The Bertz CT molecular complexity index is 344. The molecule has 0 amide bonds. The summed E-state index contributed by atoms with van der Waals surface area (Å²) in [5.41, 5.74) is 0.610. The third-order valence-electron chi connectivity index (χ3n) is 2.53. The molecule has 16 heavy (non-hydrogen) atoms. The van der Waals surface area contributed by atoms with Crippen LogP contribution in [0.1, 0.15) is 19.4 Å². The summed E-state index contributed by atoms with van der Waals surface area (Å²) in [4.78, 5) is 0. The summed E-state index contributed by atoms with van der Waals surface area (Å²) in [5.74, 6) is 0.288. The number of hydrogen-bond acceptors (Lipinski definition) is 1. The molecule has 1 nitrogen and oxygen atoms in total. The molecule has 90 valence electrons. The quantitative estimate of drug-likeness (QED) is 0.811. The van der Waals surface area contributed by atoms with Crippen LogP contribution in [0.15, 0.2) is 18.2 Å². The van der Waals surface area contributed by atoms with Gasteiger partial charge in [-0.3, -0.25) is 0 Å². The molecular formula is C12H16BrClFN. The Hall–Kier alpha value is -0.120. The van der Waals surface area contributed by atoms with Crippen molar-refractivity contribution >= 4 is 27.5 Å². The Kier molecular flexibility index (Phi) is 5.73. The van der Waals surface area contributed by atoms with Crippen LogP contribution >= 0.6 is 27.5 Å². The van der Waals surface area contributed by atoms with Crippen molar-refractivity contribution in [3.05, 3.63) is 34.6 Å². The molecule has 1 aromatic rings. The maximum atomic E-state index is 13.4. The first kappa shape index (κ1) is 13.9. The maximum absolute atomic E-state index is 13.4. The summed E-state index contributed by atoms with van der Waals surface area (Å²) in [5, 5.41) is 4.73. The van der Waals surface area contributed by atoms with E-state index in [2.05, 4.69) is 35.1 Å². The predicted molar refractivity (Wildman–Crippen MR) is 70.7 cm³/mol. The molecule has 0 bridgehead atoms. The van der Waals surface area contributed by atoms with Gasteiger partial charge >= 0.3 is 0 Å². The fourth-order valence-electron chi connectivity index (χ4n) is 1.39. The molecule has 4 heteroatoms. The SMILES string of the molecule is CC(C)C(CBr)NCc1cc(Cl)ccc1F. The van der Waals surface area contributed by atoms with Crippen LogP contribution in [0.3, 0.4) is 0 Å². The van der Waals surface area contributed by atoms with Gasteiger partial charge in [0.2, 0.25) is 0 Å². The molecule has 0 fully saturated rings. The summed E-state index contributed by atoms with van der Waals surface area (Å²) in [6, 6.07) is 4.96. The normalized spacial score (nSPS) is 13.1. The molecular weight excluding hydrogens is 292 g/mol. The summed E-state index contributed by atoms with van der Waals surface area (Å²) in [6.45, 7) is 4.77. The van der Waals surface area contributed by atoms with Crippen molar-refractivity contribution in [2.75, 3.05) is 5.33 Å². The molecule has 0 spiro atoms. The molecule has 1 N–H and O–H groups in total. The minimum Gasteiger partial charge on any atom is -0.309 e. The average molecular weight is 309 g/mol. The molecule has 0 saturated heterocycles. The van der Waals surface area contributed by atoms with Crippen molar-refractivity contribution in [1.29, 1.82) is 0 Å². The summed E-state index contributed by atoms with van der Waals surface area (Å²) < 4.78 is 13.4. The van der Waals surface area contributed by atoms with Gasteiger partial charge in [-0.2, -0.15) is 0 Å². The van der Waals surface area contributed by atoms with Crippen molar-refractivity contribution in [1.82, 2.24) is 5.32 Å². The first-order valence-electron chi connectivity index (χ1n) is 5.28. The highest BCUT2D eigenvalue weighted by Gasteiger charge is 2.12. The van der Waals surface area contributed by atoms with Crippen LogP contribution in [0.25, 0.3) is 0 Å². The van der Waals surface area contributed by atoms with Gasteiger partial charge in [0, 0.05) is 28.5 Å². The van der Waals surface area contributed by atoms with Crippen LogP contribution in [0.2, 0.25) is 5.02 Å². The van der Waals surface area contributed by atoms with E-state index in [0.29, 0.717) is 29.1 Å². The van der Waals surface area contributed by atoms with E-state index in [1.165, 1.54) is 6.07 Å². The lowest BCUT2D eigenvalue weighted by atomic mass is 10.1. The van der Waals surface area contributed by atoms with Gasteiger partial charge in [-0.1, -0.05) is 41.4 Å². The molecule has 0 aliphatic heterocycles. The number of nitrogens with one attached hydrogen (secondary N) is 1. The Labute approximate surface area is 110 Å². The van der Waals surface area contributed by atoms with E-state index < -0.39 is 0 Å². The van der Waals surface area contributed by atoms with Crippen LogP contribution in [-0.2, 0) is 6.54 Å². The van der Waals surface area contributed by atoms with Crippen molar-refractivity contribution in [2.45, 2.75) is 26.4 Å². The summed E-state index contributed by atoms with van der Waals surface area (Å²) in [6.07, 6.45) is 0. The van der Waals surface area contributed by atoms with Crippen LogP contribution in [0.5, 0.6) is 0 Å². The Morgan fingerprint density at radius 3 is 2.69 bits per heavy atom. The molecule has 0 saturated carbocycles. The monoisotopic (exact) mass is 307 g/mol. The van der Waals surface area contributed by atoms with Gasteiger partial charge in [-0.15, -0.1) is 0 Å². The maximum Gasteiger partial charge on any atom is 0.127 e. The molecule has 0 heterocycles. The summed E-state index contributed by atoms with van der Waals surface area (Å²) >= 11 is 9.27. The van der Waals surface area contributed by atoms with Crippen LogP contribution in [0.4, 0.5) is 4.39 Å². The second-order valence-corrected chi connectivity index (χ2v) is 5.21. The van der Waals surface area contributed by atoms with Gasteiger partial charge in [0.1, 0.15) is 5.82 Å². The van der Waals surface area contributed by atoms with Crippen molar-refractivity contribution < 1.29 is 4.39 Å². The molecule has 1 atom stereocenters. The molecule has 0 aliphatic carbocycles. The van der Waals surface area contributed by atoms with Crippen LogP contribution < -0.4 is 5.32 Å². The third kappa shape index (κ3) is 4.04. The fourth-order valence-corrected chi connectivity index (χ4v) is 2.56. The zero-order valence-corrected chi connectivity index (χ0v) is 11.8. The van der Waals surface area contributed by atoms with E-state index in [-0.39, 0.29) is 5.82 Å². The van der Waals surface area contributed by atoms with Crippen LogP contribution in [0, 0.1) is 11.7 Å². The lowest BCUT2D eigenvalue weighted by Gasteiger charge is -2.20. The lowest BCUT2D eigenvalue weighted by molar-refractivity contribution is 0.429. The molecule has 0 aliphatic rings. The molecule has 1 aromatic carbocycles. The lowest BCUT2D eigenvalue weighted by Crippen LogP contribution is -2.34. The number of rotatable bonds is 5. The highest BCUT2D eigenvalue weighted by molar-refractivity contribution is 9.09. The Morgan fingerprint density at radius 1 is 1.44 bits per heavy atom. The Morgan fingerprint density at radius 2 is 2.12 bits per heavy atom. The second-order valence-electron chi connectivity index (χ2n) is 4.12. The van der Waals surface area contributed by atoms with Gasteiger partial charge in [0.15, 0.2) is 0 Å². The fraction of sp³-hybridized carbons (Fsp3) is 0.500. The van der Waals surface area contributed by atoms with Gasteiger partial charge in [-0.05, 0) is 24.1 Å². The van der Waals surface area contributed by atoms with E-state index in [1.54, 1.807) is 12.1 Å². The van der Waals surface area contributed by atoms with Gasteiger partial charge in [0.05, 0.1) is 0 Å². The summed E-state index contributed by atoms with van der Waals surface area (Å²) in [7, 11) is 0. The van der Waals surface area contributed by atoms with Crippen LogP contribution in [-0.4, -0.2) is 11.4 Å². The number of alkyl halides is 1. The average Bonchev–Trinajstić information content (AvgIpc) is 2.23. The zero-order chi connectivity index (χ0) is 12.1. The van der Waals surface area contributed by atoms with Gasteiger partial charge < -0.3 is 5.32 Å². The minimum absolute atomic E-state index is 0.214. The highest BCUT2D eigenvalue weighted by atomic mass is 79.9. The third-order valence-corrected chi connectivity index (χ3v) is 3.47. The highest BCUT2D eigenvalue weighted by Crippen LogP contribution is 2.15. The first-order chi connectivity index (χ1) is 7.54. The molecule has 0 aromatic heterocycles.